The zero-order chi connectivity index (χ0) is 10.6. The van der Waals surface area contributed by atoms with Gasteiger partial charge in [0.1, 0.15) is 12.8 Å². The summed E-state index contributed by atoms with van der Waals surface area (Å²) in [6.45, 7) is 0.000832. The summed E-state index contributed by atoms with van der Waals surface area (Å²) >= 11 is 5.71. The van der Waals surface area contributed by atoms with Gasteiger partial charge in [-0.3, -0.25) is 4.79 Å². The SMILES string of the molecule is CNC(=O)COC1CCC(Cl)C(F)C1. The number of amides is 1. The molecule has 0 heterocycles. The maximum absolute atomic E-state index is 13.1. The van der Waals surface area contributed by atoms with E-state index in [1.165, 1.54) is 0 Å². The molecule has 3 atom stereocenters. The van der Waals surface area contributed by atoms with Crippen molar-refractivity contribution in [1.82, 2.24) is 5.32 Å². The molecule has 5 heteroatoms. The average Bonchev–Trinajstić information content (AvgIpc) is 2.19. The van der Waals surface area contributed by atoms with Crippen LogP contribution in [0.15, 0.2) is 0 Å². The van der Waals surface area contributed by atoms with Crippen molar-refractivity contribution in [2.75, 3.05) is 13.7 Å². The zero-order valence-electron chi connectivity index (χ0n) is 8.13. The Balaban J connectivity index is 2.23. The predicted octanol–water partition coefficient (Wildman–Crippen LogP) is 1.25. The van der Waals surface area contributed by atoms with Crippen LogP contribution >= 0.6 is 11.6 Å². The number of nitrogens with one attached hydrogen (secondary N) is 1. The van der Waals surface area contributed by atoms with Gasteiger partial charge < -0.3 is 10.1 Å². The molecule has 3 nitrogen and oxygen atoms in total. The Labute approximate surface area is 87.9 Å². The normalized spacial score (nSPS) is 32.6. The molecule has 1 N–H and O–H groups in total. The van der Waals surface area contributed by atoms with Gasteiger partial charge in [-0.05, 0) is 12.8 Å². The van der Waals surface area contributed by atoms with E-state index in [4.69, 9.17) is 16.3 Å². The lowest BCUT2D eigenvalue weighted by molar-refractivity contribution is -0.128. The Bertz CT molecular complexity index is 203. The molecule has 0 aromatic carbocycles. The van der Waals surface area contributed by atoms with Crippen LogP contribution in [-0.2, 0) is 9.53 Å². The van der Waals surface area contributed by atoms with Crippen molar-refractivity contribution in [1.29, 1.82) is 0 Å². The van der Waals surface area contributed by atoms with Crippen molar-refractivity contribution >= 4 is 17.5 Å². The number of carbonyl (C=O) groups is 1. The molecule has 1 aliphatic carbocycles. The van der Waals surface area contributed by atoms with Crippen LogP contribution in [0.1, 0.15) is 19.3 Å². The molecule has 3 unspecified atom stereocenters. The fourth-order valence-corrected chi connectivity index (χ4v) is 1.69. The molecular formula is C9H15ClFNO2. The smallest absolute Gasteiger partial charge is 0.245 e. The average molecular weight is 224 g/mol. The van der Waals surface area contributed by atoms with Crippen molar-refractivity contribution in [3.8, 4) is 0 Å². The summed E-state index contributed by atoms with van der Waals surface area (Å²) in [6.07, 6.45) is 0.454. The number of hydrogen-bond donors (Lipinski definition) is 1. The van der Waals surface area contributed by atoms with Crippen LogP contribution in [0.2, 0.25) is 0 Å². The first-order valence-corrected chi connectivity index (χ1v) is 5.17. The van der Waals surface area contributed by atoms with Gasteiger partial charge in [-0.2, -0.15) is 0 Å². The maximum Gasteiger partial charge on any atom is 0.245 e. The predicted molar refractivity (Wildman–Crippen MR) is 52.2 cm³/mol. The van der Waals surface area contributed by atoms with E-state index in [1.54, 1.807) is 7.05 Å². The zero-order valence-corrected chi connectivity index (χ0v) is 8.89. The number of alkyl halides is 2. The first-order chi connectivity index (χ1) is 6.63. The molecule has 0 aliphatic heterocycles. The molecule has 1 fully saturated rings. The molecular weight excluding hydrogens is 209 g/mol. The topological polar surface area (TPSA) is 38.3 Å². The Morgan fingerprint density at radius 3 is 2.93 bits per heavy atom. The molecule has 0 aromatic heterocycles. The monoisotopic (exact) mass is 223 g/mol. The van der Waals surface area contributed by atoms with Gasteiger partial charge >= 0.3 is 0 Å². The minimum absolute atomic E-state index is 0.000832. The Morgan fingerprint density at radius 1 is 1.64 bits per heavy atom. The lowest BCUT2D eigenvalue weighted by Crippen LogP contribution is -2.34. The summed E-state index contributed by atoms with van der Waals surface area (Å²) in [7, 11) is 1.54. The highest BCUT2D eigenvalue weighted by Crippen LogP contribution is 2.27. The van der Waals surface area contributed by atoms with Gasteiger partial charge in [-0.25, -0.2) is 4.39 Å². The van der Waals surface area contributed by atoms with E-state index in [0.717, 1.165) is 6.42 Å². The van der Waals surface area contributed by atoms with E-state index >= 15 is 0 Å². The molecule has 0 aromatic rings. The van der Waals surface area contributed by atoms with E-state index in [1.807, 2.05) is 0 Å². The number of ether oxygens (including phenoxy) is 1. The van der Waals surface area contributed by atoms with Crippen LogP contribution in [0.3, 0.4) is 0 Å². The molecule has 1 amide bonds. The lowest BCUT2D eigenvalue weighted by Gasteiger charge is -2.27. The molecule has 1 rings (SSSR count). The minimum atomic E-state index is -1.01. The lowest BCUT2D eigenvalue weighted by atomic mass is 9.95. The van der Waals surface area contributed by atoms with Crippen LogP contribution in [0.25, 0.3) is 0 Å². The summed E-state index contributed by atoms with van der Waals surface area (Å²) in [5.74, 6) is -0.187. The van der Waals surface area contributed by atoms with Gasteiger partial charge in [0.15, 0.2) is 0 Å². The van der Waals surface area contributed by atoms with Crippen LogP contribution in [0.5, 0.6) is 0 Å². The van der Waals surface area contributed by atoms with Gasteiger partial charge in [0.05, 0.1) is 11.5 Å². The first kappa shape index (κ1) is 11.7. The van der Waals surface area contributed by atoms with Gasteiger partial charge in [0.25, 0.3) is 0 Å². The van der Waals surface area contributed by atoms with E-state index in [2.05, 4.69) is 5.32 Å². The fourth-order valence-electron chi connectivity index (χ4n) is 1.46. The molecule has 14 heavy (non-hydrogen) atoms. The second-order valence-corrected chi connectivity index (χ2v) is 4.01. The van der Waals surface area contributed by atoms with Crippen LogP contribution in [0, 0.1) is 0 Å². The minimum Gasteiger partial charge on any atom is -0.368 e. The number of halogens is 2. The summed E-state index contributed by atoms with van der Waals surface area (Å²) in [4.78, 5) is 10.8. The molecule has 82 valence electrons. The number of rotatable bonds is 3. The molecule has 1 aliphatic rings. The van der Waals surface area contributed by atoms with Gasteiger partial charge in [0, 0.05) is 13.5 Å². The second-order valence-electron chi connectivity index (χ2n) is 3.45. The van der Waals surface area contributed by atoms with Crippen molar-refractivity contribution < 1.29 is 13.9 Å². The van der Waals surface area contributed by atoms with Crippen LogP contribution < -0.4 is 5.32 Å². The third-order valence-electron chi connectivity index (χ3n) is 2.37. The van der Waals surface area contributed by atoms with Gasteiger partial charge in [-0.1, -0.05) is 0 Å². The molecule has 0 spiro atoms. The summed E-state index contributed by atoms with van der Waals surface area (Å²) in [5.41, 5.74) is 0. The van der Waals surface area contributed by atoms with E-state index in [9.17, 15) is 9.18 Å². The number of hydrogen-bond acceptors (Lipinski definition) is 2. The highest BCUT2D eigenvalue weighted by molar-refractivity contribution is 6.21. The highest BCUT2D eigenvalue weighted by atomic mass is 35.5. The van der Waals surface area contributed by atoms with E-state index in [0.29, 0.717) is 12.8 Å². The van der Waals surface area contributed by atoms with Crippen molar-refractivity contribution in [3.63, 3.8) is 0 Å². The van der Waals surface area contributed by atoms with Gasteiger partial charge in [-0.15, -0.1) is 11.6 Å². The molecule has 0 saturated heterocycles. The third-order valence-corrected chi connectivity index (χ3v) is 2.87. The summed E-state index contributed by atoms with van der Waals surface area (Å²) in [5, 5.41) is 2.05. The van der Waals surface area contributed by atoms with Crippen LogP contribution in [-0.4, -0.2) is 37.2 Å². The number of likely N-dealkylation sites (N-methyl/N-ethyl adjacent to an activating group) is 1. The van der Waals surface area contributed by atoms with Crippen molar-refractivity contribution in [2.45, 2.75) is 36.9 Å². The molecule has 0 bridgehead atoms. The quantitative estimate of drug-likeness (QED) is 0.732. The highest BCUT2D eigenvalue weighted by Gasteiger charge is 2.29. The molecule has 1 saturated carbocycles. The van der Waals surface area contributed by atoms with E-state index in [-0.39, 0.29) is 18.6 Å². The van der Waals surface area contributed by atoms with Gasteiger partial charge in [0.2, 0.25) is 5.91 Å². The van der Waals surface area contributed by atoms with Crippen molar-refractivity contribution in [3.05, 3.63) is 0 Å². The molecule has 0 radical (unpaired) electrons. The largest absolute Gasteiger partial charge is 0.368 e. The Kier molecular flexibility index (Phi) is 4.62. The fraction of sp³-hybridized carbons (Fsp3) is 0.889. The Morgan fingerprint density at radius 2 is 2.36 bits per heavy atom. The second kappa shape index (κ2) is 5.51. The third kappa shape index (κ3) is 3.42. The Hall–Kier alpha value is -0.350. The first-order valence-electron chi connectivity index (χ1n) is 4.73. The number of carbonyl (C=O) groups excluding carboxylic acids is 1. The van der Waals surface area contributed by atoms with Crippen LogP contribution in [0.4, 0.5) is 4.39 Å². The van der Waals surface area contributed by atoms with E-state index < -0.39 is 11.5 Å². The maximum atomic E-state index is 13.1. The summed E-state index contributed by atoms with van der Waals surface area (Å²) < 4.78 is 18.4. The standard InChI is InChI=1S/C9H15ClFNO2/c1-12-9(13)5-14-6-2-3-7(10)8(11)4-6/h6-8H,2-5H2,1H3,(H,12,13). The van der Waals surface area contributed by atoms with Crippen molar-refractivity contribution in [2.24, 2.45) is 0 Å². The summed E-state index contributed by atoms with van der Waals surface area (Å²) in [6, 6.07) is 0.